The summed E-state index contributed by atoms with van der Waals surface area (Å²) in [5.74, 6) is 0.921. The van der Waals surface area contributed by atoms with Gasteiger partial charge in [-0.25, -0.2) is 0 Å². The molecule has 6 nitrogen and oxygen atoms in total. The first-order chi connectivity index (χ1) is 19.5. The minimum absolute atomic E-state index is 0.00979. The van der Waals surface area contributed by atoms with E-state index >= 15 is 0 Å². The number of piperidine rings is 2. The maximum absolute atomic E-state index is 13.6. The first-order valence-electron chi connectivity index (χ1n) is 14.4. The Morgan fingerprint density at radius 2 is 1.77 bits per heavy atom. The van der Waals surface area contributed by atoms with Crippen LogP contribution in [0.25, 0.3) is 16.6 Å². The minimum Gasteiger partial charge on any atom is -0.489 e. The average Bonchev–Trinajstić information content (AvgIpc) is 3.36. The average molecular weight is 602 g/mol. The molecular weight excluding hydrogens is 564 g/mol. The number of benzene rings is 3. The van der Waals surface area contributed by atoms with Crippen molar-refractivity contribution < 1.29 is 9.53 Å². The molecule has 0 saturated carbocycles. The van der Waals surface area contributed by atoms with Crippen molar-refractivity contribution in [2.45, 2.75) is 51.3 Å². The van der Waals surface area contributed by atoms with Crippen molar-refractivity contribution in [2.24, 2.45) is 0 Å². The topological polar surface area (TPSA) is 58.5 Å². The van der Waals surface area contributed by atoms with Crippen LogP contribution in [0.1, 0.15) is 47.3 Å². The van der Waals surface area contributed by atoms with Gasteiger partial charge in [-0.2, -0.15) is 0 Å². The van der Waals surface area contributed by atoms with Crippen molar-refractivity contribution in [1.82, 2.24) is 20.1 Å². The molecular formula is C33H37BrN4O2. The molecule has 6 rings (SSSR count). The highest BCUT2D eigenvalue weighted by Gasteiger charge is 2.24. The molecule has 0 spiro atoms. The summed E-state index contributed by atoms with van der Waals surface area (Å²) in [6.07, 6.45) is 4.26. The molecule has 2 aliphatic heterocycles. The number of likely N-dealkylation sites (tertiary alicyclic amines) is 1. The summed E-state index contributed by atoms with van der Waals surface area (Å²) in [7, 11) is 0. The number of rotatable bonds is 7. The lowest BCUT2D eigenvalue weighted by molar-refractivity contribution is 0.0902. The Balaban J connectivity index is 1.07. The third kappa shape index (κ3) is 6.12. The van der Waals surface area contributed by atoms with Crippen LogP contribution in [-0.2, 0) is 6.54 Å². The number of para-hydroxylation sites is 1. The SMILES string of the molecule is Cc1cccc(-n2c(C(=O)NC3CCN(Cc4ccc(OC5CCNCC5)c(Br)c4)CC3)cc3ccccc32)c1. The molecule has 0 unspecified atom stereocenters. The van der Waals surface area contributed by atoms with Crippen molar-refractivity contribution in [3.63, 3.8) is 0 Å². The Morgan fingerprint density at radius 1 is 0.975 bits per heavy atom. The maximum atomic E-state index is 13.6. The van der Waals surface area contributed by atoms with Crippen molar-refractivity contribution in [2.75, 3.05) is 26.2 Å². The minimum atomic E-state index is -0.00979. The van der Waals surface area contributed by atoms with Gasteiger partial charge in [0.05, 0.1) is 9.99 Å². The highest BCUT2D eigenvalue weighted by Crippen LogP contribution is 2.30. The van der Waals surface area contributed by atoms with Crippen LogP contribution in [0.5, 0.6) is 5.75 Å². The van der Waals surface area contributed by atoms with Crippen LogP contribution >= 0.6 is 15.9 Å². The number of carbonyl (C=O) groups excluding carboxylic acids is 1. The summed E-state index contributed by atoms with van der Waals surface area (Å²) in [4.78, 5) is 16.1. The van der Waals surface area contributed by atoms with E-state index in [0.717, 1.165) is 85.2 Å². The van der Waals surface area contributed by atoms with Crippen LogP contribution in [0.2, 0.25) is 0 Å². The number of hydrogen-bond donors (Lipinski definition) is 2. The molecule has 7 heteroatoms. The predicted molar refractivity (Wildman–Crippen MR) is 164 cm³/mol. The highest BCUT2D eigenvalue weighted by atomic mass is 79.9. The lowest BCUT2D eigenvalue weighted by Gasteiger charge is -2.32. The van der Waals surface area contributed by atoms with Gasteiger partial charge in [0.25, 0.3) is 5.91 Å². The van der Waals surface area contributed by atoms with Crippen molar-refractivity contribution in [1.29, 1.82) is 0 Å². The van der Waals surface area contributed by atoms with Crippen LogP contribution < -0.4 is 15.4 Å². The second-order valence-electron chi connectivity index (χ2n) is 11.1. The number of hydrogen-bond acceptors (Lipinski definition) is 4. The molecule has 1 aromatic heterocycles. The molecule has 0 bridgehead atoms. The molecule has 4 aromatic rings. The van der Waals surface area contributed by atoms with Crippen LogP contribution in [0.4, 0.5) is 0 Å². The summed E-state index contributed by atoms with van der Waals surface area (Å²) in [5.41, 5.74) is 5.19. The number of carbonyl (C=O) groups is 1. The van der Waals surface area contributed by atoms with E-state index in [4.69, 9.17) is 4.74 Å². The van der Waals surface area contributed by atoms with E-state index in [1.54, 1.807) is 0 Å². The molecule has 2 fully saturated rings. The van der Waals surface area contributed by atoms with Gasteiger partial charge in [-0.1, -0.05) is 36.4 Å². The second kappa shape index (κ2) is 12.2. The van der Waals surface area contributed by atoms with Gasteiger partial charge < -0.3 is 19.9 Å². The van der Waals surface area contributed by atoms with Crippen LogP contribution in [0, 0.1) is 6.92 Å². The Bertz CT molecular complexity index is 1490. The molecule has 2 saturated heterocycles. The molecule has 2 aliphatic rings. The van der Waals surface area contributed by atoms with Gasteiger partial charge in [0.15, 0.2) is 0 Å². The van der Waals surface area contributed by atoms with E-state index in [-0.39, 0.29) is 18.1 Å². The van der Waals surface area contributed by atoms with Crippen LogP contribution in [0.3, 0.4) is 0 Å². The number of aryl methyl sites for hydroxylation is 1. The number of amides is 1. The number of halogens is 1. The normalized spacial score (nSPS) is 17.2. The zero-order chi connectivity index (χ0) is 27.5. The highest BCUT2D eigenvalue weighted by molar-refractivity contribution is 9.10. The Hall–Kier alpha value is -3.13. The number of nitrogens with one attached hydrogen (secondary N) is 2. The molecule has 0 aliphatic carbocycles. The van der Waals surface area contributed by atoms with Gasteiger partial charge in [0.2, 0.25) is 0 Å². The molecule has 1 amide bonds. The second-order valence-corrected chi connectivity index (χ2v) is 12.0. The molecule has 3 heterocycles. The largest absolute Gasteiger partial charge is 0.489 e. The summed E-state index contributed by atoms with van der Waals surface area (Å²) in [6, 6.07) is 25.2. The van der Waals surface area contributed by atoms with Crippen molar-refractivity contribution in [3.8, 4) is 11.4 Å². The first-order valence-corrected chi connectivity index (χ1v) is 15.2. The fourth-order valence-corrected chi connectivity index (χ4v) is 6.47. The monoisotopic (exact) mass is 600 g/mol. The zero-order valence-corrected chi connectivity index (χ0v) is 24.6. The van der Waals surface area contributed by atoms with Gasteiger partial charge in [0.1, 0.15) is 17.5 Å². The van der Waals surface area contributed by atoms with Gasteiger partial charge in [0, 0.05) is 36.7 Å². The fraction of sp³-hybridized carbons (Fsp3) is 0.364. The lowest BCUT2D eigenvalue weighted by atomic mass is 10.0. The Labute approximate surface area is 244 Å². The predicted octanol–water partition coefficient (Wildman–Crippen LogP) is 6.23. The van der Waals surface area contributed by atoms with Crippen molar-refractivity contribution in [3.05, 3.63) is 94.1 Å². The molecule has 0 radical (unpaired) electrons. The number of ether oxygens (including phenoxy) is 1. The van der Waals surface area contributed by atoms with E-state index in [9.17, 15) is 4.79 Å². The molecule has 208 valence electrons. The van der Waals surface area contributed by atoms with Gasteiger partial charge in [-0.15, -0.1) is 0 Å². The summed E-state index contributed by atoms with van der Waals surface area (Å²) in [5, 5.41) is 7.80. The Morgan fingerprint density at radius 3 is 2.55 bits per heavy atom. The molecule has 3 aromatic carbocycles. The first kappa shape index (κ1) is 27.1. The number of fused-ring (bicyclic) bond motifs is 1. The van der Waals surface area contributed by atoms with Gasteiger partial charge in [-0.3, -0.25) is 9.69 Å². The fourth-order valence-electron chi connectivity index (χ4n) is 5.95. The van der Waals surface area contributed by atoms with Gasteiger partial charge in [-0.05, 0) is 109 Å². The van der Waals surface area contributed by atoms with Crippen LogP contribution in [0.15, 0.2) is 77.3 Å². The standard InChI is InChI=1S/C33H37BrN4O2/c1-23-5-4-7-27(19-23)38-30-8-3-2-6-25(30)21-31(38)33(39)36-26-13-17-37(18-14-26)22-24-9-10-32(29(34)20-24)40-28-11-15-35-16-12-28/h2-10,19-21,26,28,35H,11-18,22H2,1H3,(H,36,39). The molecule has 40 heavy (non-hydrogen) atoms. The van der Waals surface area contributed by atoms with E-state index < -0.39 is 0 Å². The smallest absolute Gasteiger partial charge is 0.268 e. The number of nitrogens with zero attached hydrogens (tertiary/aromatic N) is 2. The lowest BCUT2D eigenvalue weighted by Crippen LogP contribution is -2.44. The van der Waals surface area contributed by atoms with Crippen LogP contribution in [-0.4, -0.2) is 53.7 Å². The molecule has 0 atom stereocenters. The van der Waals surface area contributed by atoms with E-state index in [1.807, 2.05) is 24.3 Å². The quantitative estimate of drug-likeness (QED) is 0.264. The van der Waals surface area contributed by atoms with Crippen molar-refractivity contribution >= 4 is 32.7 Å². The summed E-state index contributed by atoms with van der Waals surface area (Å²) >= 11 is 3.73. The summed E-state index contributed by atoms with van der Waals surface area (Å²) in [6.45, 7) is 6.93. The number of aromatic nitrogens is 1. The Kier molecular flexibility index (Phi) is 8.23. The zero-order valence-electron chi connectivity index (χ0n) is 23.0. The maximum Gasteiger partial charge on any atom is 0.268 e. The summed E-state index contributed by atoms with van der Waals surface area (Å²) < 4.78 is 9.35. The van der Waals surface area contributed by atoms with Gasteiger partial charge >= 0.3 is 0 Å². The third-order valence-electron chi connectivity index (χ3n) is 8.11. The third-order valence-corrected chi connectivity index (χ3v) is 8.73. The molecule has 2 N–H and O–H groups in total. The van der Waals surface area contributed by atoms with E-state index in [2.05, 4.69) is 91.5 Å². The van der Waals surface area contributed by atoms with E-state index in [1.165, 1.54) is 11.1 Å². The van der Waals surface area contributed by atoms with E-state index in [0.29, 0.717) is 5.69 Å².